The summed E-state index contributed by atoms with van der Waals surface area (Å²) in [4.78, 5) is 18.0. The van der Waals surface area contributed by atoms with Gasteiger partial charge in [-0.3, -0.25) is 4.79 Å². The molecule has 1 amide bonds. The molecule has 7 heteroatoms. The summed E-state index contributed by atoms with van der Waals surface area (Å²) in [7, 11) is 3.22. The molecule has 0 aliphatic heterocycles. The predicted molar refractivity (Wildman–Crippen MR) is 124 cm³/mol. The van der Waals surface area contributed by atoms with Crippen LogP contribution in [-0.2, 0) is 16.7 Å². The number of nitrogens with zero attached hydrogens (tertiary/aromatic N) is 2. The normalized spacial score (nSPS) is 12.4. The Labute approximate surface area is 187 Å². The number of benzene rings is 2. The average molecular weight is 443 g/mol. The van der Waals surface area contributed by atoms with E-state index in [2.05, 4.69) is 25.8 Å². The molecule has 2 aromatic carbocycles. The lowest BCUT2D eigenvalue weighted by molar-refractivity contribution is 0.0996. The van der Waals surface area contributed by atoms with Gasteiger partial charge in [-0.25, -0.2) is 0 Å². The summed E-state index contributed by atoms with van der Waals surface area (Å²) in [6, 6.07) is 11.5. The first-order valence-electron chi connectivity index (χ1n) is 10.3. The Morgan fingerprint density at radius 1 is 1.06 bits per heavy atom. The zero-order valence-electron chi connectivity index (χ0n) is 19.0. The number of thiazole rings is 1. The SMILES string of the molecule is CCOCCn1c(=NC(=O)c2ccc(C(C)(C)C)cc2)sc2cc(OC)c(OC)cc21. The van der Waals surface area contributed by atoms with Gasteiger partial charge < -0.3 is 18.8 Å². The molecular formula is C24H30N2O4S. The Morgan fingerprint density at radius 3 is 2.29 bits per heavy atom. The molecule has 0 saturated carbocycles. The van der Waals surface area contributed by atoms with Crippen LogP contribution in [0.1, 0.15) is 43.6 Å². The Morgan fingerprint density at radius 2 is 1.71 bits per heavy atom. The first kappa shape index (κ1) is 23.0. The van der Waals surface area contributed by atoms with Crippen LogP contribution in [0.15, 0.2) is 41.4 Å². The van der Waals surface area contributed by atoms with Crippen LogP contribution in [0.3, 0.4) is 0 Å². The second kappa shape index (κ2) is 9.66. The molecule has 0 aliphatic rings. The average Bonchev–Trinajstić information content (AvgIpc) is 3.08. The lowest BCUT2D eigenvalue weighted by atomic mass is 9.87. The minimum atomic E-state index is -0.267. The largest absolute Gasteiger partial charge is 0.493 e. The summed E-state index contributed by atoms with van der Waals surface area (Å²) in [5.41, 5.74) is 2.70. The monoisotopic (exact) mass is 442 g/mol. The molecule has 0 unspecified atom stereocenters. The molecule has 0 aliphatic carbocycles. The second-order valence-electron chi connectivity index (χ2n) is 8.15. The Hall–Kier alpha value is -2.64. The van der Waals surface area contributed by atoms with Crippen molar-refractivity contribution in [3.63, 3.8) is 0 Å². The minimum Gasteiger partial charge on any atom is -0.493 e. The molecule has 0 N–H and O–H groups in total. The Balaban J connectivity index is 2.07. The van der Waals surface area contributed by atoms with Crippen molar-refractivity contribution in [3.8, 4) is 11.5 Å². The van der Waals surface area contributed by atoms with Gasteiger partial charge in [-0.05, 0) is 30.0 Å². The van der Waals surface area contributed by atoms with E-state index in [4.69, 9.17) is 14.2 Å². The summed E-state index contributed by atoms with van der Waals surface area (Å²) in [5, 5.41) is 0. The van der Waals surface area contributed by atoms with Gasteiger partial charge in [0.15, 0.2) is 16.3 Å². The van der Waals surface area contributed by atoms with Gasteiger partial charge in [-0.2, -0.15) is 4.99 Å². The number of fused-ring (bicyclic) bond motifs is 1. The highest BCUT2D eigenvalue weighted by Gasteiger charge is 2.16. The van der Waals surface area contributed by atoms with Crippen LogP contribution in [0.2, 0.25) is 0 Å². The van der Waals surface area contributed by atoms with E-state index in [1.807, 2.05) is 47.9 Å². The van der Waals surface area contributed by atoms with Gasteiger partial charge in [-0.1, -0.05) is 44.2 Å². The van der Waals surface area contributed by atoms with Gasteiger partial charge in [0.1, 0.15) is 0 Å². The number of methoxy groups -OCH3 is 2. The third-order valence-corrected chi connectivity index (χ3v) is 6.09. The van der Waals surface area contributed by atoms with Crippen molar-refractivity contribution in [2.24, 2.45) is 4.99 Å². The number of carbonyl (C=O) groups excluding carboxylic acids is 1. The van der Waals surface area contributed by atoms with E-state index in [9.17, 15) is 4.79 Å². The number of rotatable bonds is 7. The molecule has 0 atom stereocenters. The molecule has 1 aromatic heterocycles. The summed E-state index contributed by atoms with van der Waals surface area (Å²) in [6.07, 6.45) is 0. The fraction of sp³-hybridized carbons (Fsp3) is 0.417. The molecule has 31 heavy (non-hydrogen) atoms. The fourth-order valence-electron chi connectivity index (χ4n) is 3.26. The number of aromatic nitrogens is 1. The lowest BCUT2D eigenvalue weighted by Gasteiger charge is -2.18. The minimum absolute atomic E-state index is 0.0323. The van der Waals surface area contributed by atoms with E-state index >= 15 is 0 Å². The molecule has 0 fully saturated rings. The van der Waals surface area contributed by atoms with Crippen molar-refractivity contribution in [1.29, 1.82) is 0 Å². The van der Waals surface area contributed by atoms with Crippen LogP contribution in [-0.4, -0.2) is 37.9 Å². The number of amides is 1. The van der Waals surface area contributed by atoms with E-state index in [0.717, 1.165) is 10.2 Å². The maximum Gasteiger partial charge on any atom is 0.279 e. The van der Waals surface area contributed by atoms with Crippen LogP contribution in [0.25, 0.3) is 10.2 Å². The van der Waals surface area contributed by atoms with Crippen LogP contribution < -0.4 is 14.3 Å². The lowest BCUT2D eigenvalue weighted by Crippen LogP contribution is -2.20. The van der Waals surface area contributed by atoms with Crippen molar-refractivity contribution >= 4 is 27.5 Å². The maximum absolute atomic E-state index is 12.9. The number of hydrogen-bond acceptors (Lipinski definition) is 5. The summed E-state index contributed by atoms with van der Waals surface area (Å²) >= 11 is 1.45. The van der Waals surface area contributed by atoms with Crippen molar-refractivity contribution in [3.05, 3.63) is 52.3 Å². The Bertz CT molecular complexity index is 1120. The third kappa shape index (κ3) is 5.17. The first-order chi connectivity index (χ1) is 14.8. The standard InChI is InChI=1S/C24H30N2O4S/c1-7-30-13-12-26-18-14-19(28-5)20(29-6)15-21(18)31-23(26)25-22(27)16-8-10-17(11-9-16)24(2,3)4/h8-11,14-15H,7,12-13H2,1-6H3. The zero-order valence-corrected chi connectivity index (χ0v) is 19.8. The highest BCUT2D eigenvalue weighted by molar-refractivity contribution is 7.16. The quantitative estimate of drug-likeness (QED) is 0.493. The van der Waals surface area contributed by atoms with Crippen LogP contribution in [0, 0.1) is 0 Å². The van der Waals surface area contributed by atoms with E-state index in [0.29, 0.717) is 41.6 Å². The molecule has 0 bridgehead atoms. The van der Waals surface area contributed by atoms with Crippen molar-refractivity contribution < 1.29 is 19.0 Å². The molecule has 3 rings (SSSR count). The smallest absolute Gasteiger partial charge is 0.279 e. The molecule has 166 valence electrons. The van der Waals surface area contributed by atoms with Gasteiger partial charge in [0, 0.05) is 30.8 Å². The summed E-state index contributed by atoms with van der Waals surface area (Å²) < 4.78 is 19.4. The molecule has 0 radical (unpaired) electrons. The fourth-order valence-corrected chi connectivity index (χ4v) is 4.33. The third-order valence-electron chi connectivity index (χ3n) is 5.05. The number of carbonyl (C=O) groups is 1. The predicted octanol–water partition coefficient (Wildman–Crippen LogP) is 4.80. The van der Waals surface area contributed by atoms with Crippen molar-refractivity contribution in [1.82, 2.24) is 4.57 Å². The van der Waals surface area contributed by atoms with Gasteiger partial charge in [0.2, 0.25) is 0 Å². The maximum atomic E-state index is 12.9. The highest BCUT2D eigenvalue weighted by atomic mass is 32.1. The van der Waals surface area contributed by atoms with E-state index < -0.39 is 0 Å². The second-order valence-corrected chi connectivity index (χ2v) is 9.16. The molecule has 1 heterocycles. The van der Waals surface area contributed by atoms with Gasteiger partial charge >= 0.3 is 0 Å². The van der Waals surface area contributed by atoms with Crippen LogP contribution in [0.4, 0.5) is 0 Å². The van der Waals surface area contributed by atoms with E-state index in [1.54, 1.807) is 14.2 Å². The van der Waals surface area contributed by atoms with Crippen LogP contribution >= 0.6 is 11.3 Å². The molecule has 0 spiro atoms. The zero-order chi connectivity index (χ0) is 22.6. The topological polar surface area (TPSA) is 62.1 Å². The molecule has 3 aromatic rings. The highest BCUT2D eigenvalue weighted by Crippen LogP contribution is 2.33. The van der Waals surface area contributed by atoms with Gasteiger partial charge in [0.05, 0.1) is 31.0 Å². The molecule has 6 nitrogen and oxygen atoms in total. The van der Waals surface area contributed by atoms with Crippen LogP contribution in [0.5, 0.6) is 11.5 Å². The number of ether oxygens (including phenoxy) is 3. The Kier molecular flexibility index (Phi) is 7.18. The summed E-state index contributed by atoms with van der Waals surface area (Å²) in [6.45, 7) is 10.1. The molecule has 0 saturated heterocycles. The molecular weight excluding hydrogens is 412 g/mol. The number of hydrogen-bond donors (Lipinski definition) is 0. The van der Waals surface area contributed by atoms with Crippen molar-refractivity contribution in [2.45, 2.75) is 39.7 Å². The van der Waals surface area contributed by atoms with Gasteiger partial charge in [0.25, 0.3) is 5.91 Å². The van der Waals surface area contributed by atoms with E-state index in [-0.39, 0.29) is 11.3 Å². The van der Waals surface area contributed by atoms with Gasteiger partial charge in [-0.15, -0.1) is 0 Å². The van der Waals surface area contributed by atoms with E-state index in [1.165, 1.54) is 16.9 Å². The first-order valence-corrected chi connectivity index (χ1v) is 11.1. The summed E-state index contributed by atoms with van der Waals surface area (Å²) in [5.74, 6) is 1.01. The van der Waals surface area contributed by atoms with Crippen molar-refractivity contribution in [2.75, 3.05) is 27.4 Å².